The number of thiazole rings is 1. The van der Waals surface area contributed by atoms with Crippen LogP contribution in [0.1, 0.15) is 11.9 Å². The number of hydrogen-bond acceptors (Lipinski definition) is 3. The summed E-state index contributed by atoms with van der Waals surface area (Å²) in [6.45, 7) is 1.58. The molecule has 16 heavy (non-hydrogen) atoms. The molecule has 1 aromatic heterocycles. The second-order valence-electron chi connectivity index (χ2n) is 3.51. The molecule has 4 heteroatoms. The fourth-order valence-corrected chi connectivity index (χ4v) is 2.50. The summed E-state index contributed by atoms with van der Waals surface area (Å²) in [6.07, 6.45) is 0.432. The zero-order valence-corrected chi connectivity index (χ0v) is 11.1. The summed E-state index contributed by atoms with van der Waals surface area (Å²) in [6, 6.07) is 7.99. The Morgan fingerprint density at radius 1 is 1.38 bits per heavy atom. The average Bonchev–Trinajstić information content (AvgIpc) is 2.66. The first-order chi connectivity index (χ1) is 7.65. The van der Waals surface area contributed by atoms with E-state index in [9.17, 15) is 4.79 Å². The number of nitrogens with zero attached hydrogens (tertiary/aromatic N) is 1. The van der Waals surface area contributed by atoms with Crippen LogP contribution >= 0.6 is 27.3 Å². The molecule has 0 radical (unpaired) electrons. The van der Waals surface area contributed by atoms with Crippen LogP contribution in [0.25, 0.3) is 11.3 Å². The molecule has 1 aromatic carbocycles. The molecule has 0 N–H and O–H groups in total. The number of halogens is 1. The van der Waals surface area contributed by atoms with E-state index in [1.165, 1.54) is 11.3 Å². The van der Waals surface area contributed by atoms with E-state index in [1.54, 1.807) is 6.92 Å². The highest BCUT2D eigenvalue weighted by molar-refractivity contribution is 9.10. The maximum Gasteiger partial charge on any atom is 0.136 e. The third-order valence-electron chi connectivity index (χ3n) is 2.09. The summed E-state index contributed by atoms with van der Waals surface area (Å²) in [5.74, 6) is 0.150. The number of carbonyl (C=O) groups excluding carboxylic acids is 1. The Morgan fingerprint density at radius 3 is 2.69 bits per heavy atom. The SMILES string of the molecule is CC(=O)Cc1nc(-c2ccc(Br)cc2)cs1. The van der Waals surface area contributed by atoms with Gasteiger partial charge in [0.1, 0.15) is 10.8 Å². The highest BCUT2D eigenvalue weighted by Gasteiger charge is 2.06. The van der Waals surface area contributed by atoms with Gasteiger partial charge >= 0.3 is 0 Å². The van der Waals surface area contributed by atoms with Crippen molar-refractivity contribution in [3.8, 4) is 11.3 Å². The third-order valence-corrected chi connectivity index (χ3v) is 3.47. The van der Waals surface area contributed by atoms with Crippen LogP contribution in [0.4, 0.5) is 0 Å². The number of carbonyl (C=O) groups is 1. The monoisotopic (exact) mass is 295 g/mol. The van der Waals surface area contributed by atoms with Gasteiger partial charge in [0.05, 0.1) is 12.1 Å². The van der Waals surface area contributed by atoms with Gasteiger partial charge in [-0.1, -0.05) is 28.1 Å². The molecule has 0 spiro atoms. The van der Waals surface area contributed by atoms with Gasteiger partial charge in [0, 0.05) is 15.4 Å². The van der Waals surface area contributed by atoms with Crippen LogP contribution in [0.15, 0.2) is 34.1 Å². The van der Waals surface area contributed by atoms with Crippen LogP contribution in [0.2, 0.25) is 0 Å². The fraction of sp³-hybridized carbons (Fsp3) is 0.167. The average molecular weight is 296 g/mol. The Labute approximate surface area is 106 Å². The van der Waals surface area contributed by atoms with Gasteiger partial charge in [0.2, 0.25) is 0 Å². The van der Waals surface area contributed by atoms with Crippen molar-refractivity contribution in [1.82, 2.24) is 4.98 Å². The zero-order valence-electron chi connectivity index (χ0n) is 8.74. The van der Waals surface area contributed by atoms with E-state index in [2.05, 4.69) is 20.9 Å². The molecule has 0 aliphatic heterocycles. The summed E-state index contributed by atoms with van der Waals surface area (Å²) >= 11 is 4.93. The van der Waals surface area contributed by atoms with Crippen molar-refractivity contribution in [3.63, 3.8) is 0 Å². The number of rotatable bonds is 3. The molecule has 0 atom stereocenters. The minimum atomic E-state index is 0.150. The van der Waals surface area contributed by atoms with Gasteiger partial charge in [-0.3, -0.25) is 4.79 Å². The van der Waals surface area contributed by atoms with Crippen molar-refractivity contribution < 1.29 is 4.79 Å². The topological polar surface area (TPSA) is 30.0 Å². The van der Waals surface area contributed by atoms with Gasteiger partial charge < -0.3 is 0 Å². The first-order valence-corrected chi connectivity index (χ1v) is 6.52. The molecule has 0 saturated heterocycles. The number of benzene rings is 1. The van der Waals surface area contributed by atoms with Crippen molar-refractivity contribution in [2.45, 2.75) is 13.3 Å². The lowest BCUT2D eigenvalue weighted by Crippen LogP contribution is -1.95. The summed E-state index contributed by atoms with van der Waals surface area (Å²) in [7, 11) is 0. The molecule has 82 valence electrons. The van der Waals surface area contributed by atoms with Crippen molar-refractivity contribution in [3.05, 3.63) is 39.1 Å². The van der Waals surface area contributed by atoms with Crippen molar-refractivity contribution in [2.24, 2.45) is 0 Å². The van der Waals surface area contributed by atoms with Gasteiger partial charge in [-0.15, -0.1) is 11.3 Å². The molecule has 2 nitrogen and oxygen atoms in total. The maximum atomic E-state index is 11.0. The van der Waals surface area contributed by atoms with E-state index in [0.29, 0.717) is 6.42 Å². The molecule has 0 saturated carbocycles. The second kappa shape index (κ2) is 4.89. The van der Waals surface area contributed by atoms with Gasteiger partial charge in [-0.25, -0.2) is 4.98 Å². The van der Waals surface area contributed by atoms with Gasteiger partial charge in [-0.05, 0) is 19.1 Å². The van der Waals surface area contributed by atoms with E-state index in [1.807, 2.05) is 29.6 Å². The Kier molecular flexibility index (Phi) is 3.51. The largest absolute Gasteiger partial charge is 0.300 e. The number of hydrogen-bond donors (Lipinski definition) is 0. The zero-order chi connectivity index (χ0) is 11.5. The number of ketones is 1. The lowest BCUT2D eigenvalue weighted by atomic mass is 10.2. The van der Waals surface area contributed by atoms with E-state index < -0.39 is 0 Å². The summed E-state index contributed by atoms with van der Waals surface area (Å²) in [5, 5.41) is 2.87. The molecule has 2 aromatic rings. The smallest absolute Gasteiger partial charge is 0.136 e. The molecular formula is C12H10BrNOS. The molecule has 0 fully saturated rings. The lowest BCUT2D eigenvalue weighted by molar-refractivity contribution is -0.116. The standard InChI is InChI=1S/C12H10BrNOS/c1-8(15)6-12-14-11(7-16-12)9-2-4-10(13)5-3-9/h2-5,7H,6H2,1H3. The highest BCUT2D eigenvalue weighted by atomic mass is 79.9. The van der Waals surface area contributed by atoms with E-state index in [-0.39, 0.29) is 5.78 Å². The van der Waals surface area contributed by atoms with Crippen LogP contribution < -0.4 is 0 Å². The summed E-state index contributed by atoms with van der Waals surface area (Å²) in [5.41, 5.74) is 2.02. The number of Topliss-reactive ketones (excluding diaryl/α,β-unsaturated/α-hetero) is 1. The Morgan fingerprint density at radius 2 is 2.06 bits per heavy atom. The molecule has 0 amide bonds. The predicted octanol–water partition coefficient (Wildman–Crippen LogP) is 3.70. The normalized spacial score (nSPS) is 10.4. The molecule has 2 rings (SSSR count). The first-order valence-electron chi connectivity index (χ1n) is 4.85. The summed E-state index contributed by atoms with van der Waals surface area (Å²) in [4.78, 5) is 15.4. The maximum absolute atomic E-state index is 11.0. The van der Waals surface area contributed by atoms with Crippen LogP contribution in [-0.2, 0) is 11.2 Å². The molecule has 0 bridgehead atoms. The Balaban J connectivity index is 2.24. The third kappa shape index (κ3) is 2.77. The van der Waals surface area contributed by atoms with Crippen LogP contribution in [0, 0.1) is 0 Å². The molecule has 0 aliphatic carbocycles. The Bertz CT molecular complexity index is 504. The molecule has 0 unspecified atom stereocenters. The summed E-state index contributed by atoms with van der Waals surface area (Å²) < 4.78 is 1.05. The fourth-order valence-electron chi connectivity index (χ4n) is 1.36. The minimum Gasteiger partial charge on any atom is -0.300 e. The van der Waals surface area contributed by atoms with Crippen LogP contribution in [0.5, 0.6) is 0 Å². The minimum absolute atomic E-state index is 0.150. The van der Waals surface area contributed by atoms with Crippen molar-refractivity contribution in [1.29, 1.82) is 0 Å². The van der Waals surface area contributed by atoms with Crippen molar-refractivity contribution >= 4 is 33.0 Å². The van der Waals surface area contributed by atoms with Gasteiger partial charge in [-0.2, -0.15) is 0 Å². The highest BCUT2D eigenvalue weighted by Crippen LogP contribution is 2.23. The Hall–Kier alpha value is -1.00. The van der Waals surface area contributed by atoms with E-state index in [4.69, 9.17) is 0 Å². The van der Waals surface area contributed by atoms with Crippen LogP contribution in [-0.4, -0.2) is 10.8 Å². The van der Waals surface area contributed by atoms with Gasteiger partial charge in [0.25, 0.3) is 0 Å². The molecule has 1 heterocycles. The molecule has 0 aliphatic rings. The second-order valence-corrected chi connectivity index (χ2v) is 5.37. The molecular weight excluding hydrogens is 286 g/mol. The number of aromatic nitrogens is 1. The van der Waals surface area contributed by atoms with Crippen molar-refractivity contribution in [2.75, 3.05) is 0 Å². The van der Waals surface area contributed by atoms with Crippen LogP contribution in [0.3, 0.4) is 0 Å². The predicted molar refractivity (Wildman–Crippen MR) is 69.6 cm³/mol. The first kappa shape index (κ1) is 11.5. The quantitative estimate of drug-likeness (QED) is 0.864. The lowest BCUT2D eigenvalue weighted by Gasteiger charge is -1.96. The van der Waals surface area contributed by atoms with Gasteiger partial charge in [0.15, 0.2) is 0 Å². The van der Waals surface area contributed by atoms with E-state index >= 15 is 0 Å². The van der Waals surface area contributed by atoms with E-state index in [0.717, 1.165) is 20.7 Å².